The number of amides is 1. The van der Waals surface area contributed by atoms with Crippen LogP contribution in [0.2, 0.25) is 0 Å². The summed E-state index contributed by atoms with van der Waals surface area (Å²) in [5, 5.41) is 15.3. The zero-order valence-corrected chi connectivity index (χ0v) is 12.2. The highest BCUT2D eigenvalue weighted by molar-refractivity contribution is 6.07. The first kappa shape index (κ1) is 15.1. The molecule has 0 aromatic carbocycles. The number of nitrogens with zero attached hydrogens (tertiary/aromatic N) is 1. The van der Waals surface area contributed by atoms with Gasteiger partial charge in [-0.05, 0) is 26.2 Å². The predicted octanol–water partition coefficient (Wildman–Crippen LogP) is 1.37. The summed E-state index contributed by atoms with van der Waals surface area (Å²) in [6.07, 6.45) is 6.12. The number of amidine groups is 1. The van der Waals surface area contributed by atoms with Crippen molar-refractivity contribution >= 4 is 11.7 Å². The first-order valence-electron chi connectivity index (χ1n) is 7.41. The van der Waals surface area contributed by atoms with Gasteiger partial charge in [0.15, 0.2) is 5.84 Å². The number of oxime groups is 1. The van der Waals surface area contributed by atoms with E-state index in [1.54, 1.807) is 0 Å². The van der Waals surface area contributed by atoms with Gasteiger partial charge < -0.3 is 21.0 Å². The second-order valence-electron chi connectivity index (χ2n) is 6.30. The van der Waals surface area contributed by atoms with Crippen molar-refractivity contribution in [2.75, 3.05) is 13.2 Å². The summed E-state index contributed by atoms with van der Waals surface area (Å²) in [6, 6.07) is 0. The Labute approximate surface area is 119 Å². The summed E-state index contributed by atoms with van der Waals surface area (Å²) in [5.74, 6) is -0.0814. The van der Waals surface area contributed by atoms with Crippen LogP contribution in [0.1, 0.15) is 51.9 Å². The summed E-state index contributed by atoms with van der Waals surface area (Å²) in [4.78, 5) is 12.8. The van der Waals surface area contributed by atoms with E-state index < -0.39 is 5.41 Å². The summed E-state index contributed by atoms with van der Waals surface area (Å²) in [6.45, 7) is 3.16. The van der Waals surface area contributed by atoms with E-state index in [0.717, 1.165) is 32.1 Å². The summed E-state index contributed by atoms with van der Waals surface area (Å²) < 4.78 is 5.37. The van der Waals surface area contributed by atoms with Gasteiger partial charge in [0, 0.05) is 6.61 Å². The third-order valence-electron chi connectivity index (χ3n) is 4.62. The van der Waals surface area contributed by atoms with Gasteiger partial charge in [-0.2, -0.15) is 0 Å². The molecule has 2 aliphatic rings. The Morgan fingerprint density at radius 3 is 2.40 bits per heavy atom. The maximum atomic E-state index is 12.8. The lowest BCUT2D eigenvalue weighted by molar-refractivity contribution is -0.130. The first-order valence-corrected chi connectivity index (χ1v) is 7.41. The highest BCUT2D eigenvalue weighted by Gasteiger charge is 2.45. The average molecular weight is 283 g/mol. The standard InChI is InChI=1S/C14H25N3O3/c1-13(8-9-20-10-13)16-12(18)14(11(15)17-19)6-4-2-3-5-7-14/h19H,2-10H2,1H3,(H2,15,17)(H,16,18). The number of nitrogens with one attached hydrogen (secondary N) is 1. The minimum atomic E-state index is -0.864. The van der Waals surface area contributed by atoms with Crippen molar-refractivity contribution in [2.24, 2.45) is 16.3 Å². The van der Waals surface area contributed by atoms with Crippen LogP contribution in [-0.2, 0) is 9.53 Å². The molecule has 1 unspecified atom stereocenters. The molecule has 1 atom stereocenters. The molecular formula is C14H25N3O3. The molecule has 1 amide bonds. The fraction of sp³-hybridized carbons (Fsp3) is 0.857. The molecule has 0 radical (unpaired) electrons. The average Bonchev–Trinajstić information content (AvgIpc) is 2.71. The lowest BCUT2D eigenvalue weighted by Crippen LogP contribution is -2.56. The third-order valence-corrected chi connectivity index (χ3v) is 4.62. The van der Waals surface area contributed by atoms with Gasteiger partial charge in [-0.3, -0.25) is 4.79 Å². The maximum Gasteiger partial charge on any atom is 0.234 e. The van der Waals surface area contributed by atoms with Crippen LogP contribution in [0.4, 0.5) is 0 Å². The van der Waals surface area contributed by atoms with Crippen molar-refractivity contribution in [3.8, 4) is 0 Å². The molecule has 0 bridgehead atoms. The molecule has 6 heteroatoms. The minimum Gasteiger partial charge on any atom is -0.409 e. The van der Waals surface area contributed by atoms with Crippen LogP contribution >= 0.6 is 0 Å². The van der Waals surface area contributed by atoms with Gasteiger partial charge in [0.25, 0.3) is 0 Å². The van der Waals surface area contributed by atoms with E-state index in [1.165, 1.54) is 0 Å². The van der Waals surface area contributed by atoms with Crippen LogP contribution < -0.4 is 11.1 Å². The van der Waals surface area contributed by atoms with Gasteiger partial charge in [0.1, 0.15) is 5.41 Å². The first-order chi connectivity index (χ1) is 9.52. The fourth-order valence-electron chi connectivity index (χ4n) is 3.19. The molecule has 0 aromatic rings. The number of hydrogen-bond acceptors (Lipinski definition) is 4. The third kappa shape index (κ3) is 2.90. The van der Waals surface area contributed by atoms with Crippen molar-refractivity contribution in [3.05, 3.63) is 0 Å². The molecule has 1 aliphatic heterocycles. The van der Waals surface area contributed by atoms with Crippen LogP contribution in [0.25, 0.3) is 0 Å². The molecule has 1 saturated carbocycles. The molecule has 2 rings (SSSR count). The molecule has 1 saturated heterocycles. The monoisotopic (exact) mass is 283 g/mol. The van der Waals surface area contributed by atoms with E-state index >= 15 is 0 Å². The zero-order chi connectivity index (χ0) is 14.6. The molecule has 114 valence electrons. The molecule has 2 fully saturated rings. The number of rotatable bonds is 3. The van der Waals surface area contributed by atoms with E-state index in [4.69, 9.17) is 15.7 Å². The van der Waals surface area contributed by atoms with Crippen LogP contribution in [0.15, 0.2) is 5.16 Å². The number of nitrogens with two attached hydrogens (primary N) is 1. The molecule has 0 aromatic heterocycles. The molecule has 0 spiro atoms. The van der Waals surface area contributed by atoms with Gasteiger partial charge in [-0.25, -0.2) is 0 Å². The van der Waals surface area contributed by atoms with Crippen LogP contribution in [0.5, 0.6) is 0 Å². The lowest BCUT2D eigenvalue weighted by Gasteiger charge is -2.34. The normalized spacial score (nSPS) is 30.8. The number of carbonyl (C=O) groups is 1. The van der Waals surface area contributed by atoms with E-state index in [0.29, 0.717) is 26.1 Å². The van der Waals surface area contributed by atoms with Crippen molar-refractivity contribution in [1.82, 2.24) is 5.32 Å². The highest BCUT2D eigenvalue weighted by atomic mass is 16.5. The fourth-order valence-corrected chi connectivity index (χ4v) is 3.19. The quantitative estimate of drug-likeness (QED) is 0.239. The van der Waals surface area contributed by atoms with E-state index in [-0.39, 0.29) is 17.3 Å². The zero-order valence-electron chi connectivity index (χ0n) is 12.2. The van der Waals surface area contributed by atoms with Gasteiger partial charge >= 0.3 is 0 Å². The molecule has 1 aliphatic carbocycles. The number of carbonyl (C=O) groups excluding carboxylic acids is 1. The second-order valence-corrected chi connectivity index (χ2v) is 6.30. The molecule has 1 heterocycles. The van der Waals surface area contributed by atoms with Crippen LogP contribution in [0, 0.1) is 5.41 Å². The van der Waals surface area contributed by atoms with E-state index in [9.17, 15) is 4.79 Å². The molecular weight excluding hydrogens is 258 g/mol. The minimum absolute atomic E-state index is 0.0411. The van der Waals surface area contributed by atoms with Crippen molar-refractivity contribution in [3.63, 3.8) is 0 Å². The van der Waals surface area contributed by atoms with Crippen molar-refractivity contribution < 1.29 is 14.7 Å². The van der Waals surface area contributed by atoms with Gasteiger partial charge in [-0.15, -0.1) is 0 Å². The lowest BCUT2D eigenvalue weighted by atomic mass is 9.77. The van der Waals surface area contributed by atoms with Gasteiger partial charge in [0.2, 0.25) is 5.91 Å². The SMILES string of the molecule is CC1(NC(=O)C2(C(N)=NO)CCCCCC2)CCOC1. The largest absolute Gasteiger partial charge is 0.409 e. The Morgan fingerprint density at radius 1 is 1.25 bits per heavy atom. The number of ether oxygens (including phenoxy) is 1. The van der Waals surface area contributed by atoms with Crippen LogP contribution in [0.3, 0.4) is 0 Å². The van der Waals surface area contributed by atoms with Crippen molar-refractivity contribution in [1.29, 1.82) is 0 Å². The second kappa shape index (κ2) is 5.99. The molecule has 4 N–H and O–H groups in total. The Morgan fingerprint density at radius 2 is 1.90 bits per heavy atom. The van der Waals surface area contributed by atoms with Crippen LogP contribution in [-0.4, -0.2) is 35.7 Å². The molecule has 20 heavy (non-hydrogen) atoms. The number of hydrogen-bond donors (Lipinski definition) is 3. The Bertz CT molecular complexity index is 381. The van der Waals surface area contributed by atoms with Gasteiger partial charge in [0.05, 0.1) is 12.1 Å². The Hall–Kier alpha value is -1.30. The molecule has 6 nitrogen and oxygen atoms in total. The summed E-state index contributed by atoms with van der Waals surface area (Å²) >= 11 is 0. The summed E-state index contributed by atoms with van der Waals surface area (Å²) in [7, 11) is 0. The van der Waals surface area contributed by atoms with Crippen molar-refractivity contribution in [2.45, 2.75) is 57.4 Å². The summed E-state index contributed by atoms with van der Waals surface area (Å²) in [5.41, 5.74) is 4.67. The Kier molecular flexibility index (Phi) is 4.52. The Balaban J connectivity index is 2.19. The van der Waals surface area contributed by atoms with E-state index in [1.807, 2.05) is 6.92 Å². The highest BCUT2D eigenvalue weighted by Crippen LogP contribution is 2.36. The predicted molar refractivity (Wildman–Crippen MR) is 75.5 cm³/mol. The maximum absolute atomic E-state index is 12.8. The van der Waals surface area contributed by atoms with Gasteiger partial charge in [-0.1, -0.05) is 30.8 Å². The van der Waals surface area contributed by atoms with E-state index in [2.05, 4.69) is 10.5 Å². The smallest absolute Gasteiger partial charge is 0.234 e. The topological polar surface area (TPSA) is 96.9 Å².